The molecule has 5 heteroatoms. The third kappa shape index (κ3) is 4.67. The number of amides is 1. The van der Waals surface area contributed by atoms with Gasteiger partial charge in [-0.15, -0.1) is 0 Å². The zero-order valence-electron chi connectivity index (χ0n) is 15.5. The first-order valence-electron chi connectivity index (χ1n) is 9.41. The zero-order valence-corrected chi connectivity index (χ0v) is 15.5. The molecule has 0 aromatic heterocycles. The lowest BCUT2D eigenvalue weighted by molar-refractivity contribution is -0.00992. The first-order valence-corrected chi connectivity index (χ1v) is 9.41. The van der Waals surface area contributed by atoms with Crippen molar-refractivity contribution in [2.45, 2.75) is 38.0 Å². The lowest BCUT2D eigenvalue weighted by atomic mass is 9.67. The molecule has 0 spiro atoms. The van der Waals surface area contributed by atoms with Crippen molar-refractivity contribution in [3.63, 3.8) is 0 Å². The first-order chi connectivity index (χ1) is 13.1. The maximum Gasteiger partial charge on any atom is 0.407 e. The Bertz CT molecular complexity index is 722. The maximum absolute atomic E-state index is 12.4. The minimum absolute atomic E-state index is 0.0844. The predicted octanol–water partition coefficient (Wildman–Crippen LogP) is 3.07. The molecule has 2 aromatic rings. The number of hydrogen-bond acceptors (Lipinski definition) is 4. The van der Waals surface area contributed by atoms with Crippen LogP contribution >= 0.6 is 0 Å². The summed E-state index contributed by atoms with van der Waals surface area (Å²) in [5.41, 5.74) is 1.95. The van der Waals surface area contributed by atoms with Gasteiger partial charge >= 0.3 is 6.09 Å². The van der Waals surface area contributed by atoms with Crippen molar-refractivity contribution in [3.05, 3.63) is 71.8 Å². The number of rotatable bonds is 5. The fourth-order valence-corrected chi connectivity index (χ4v) is 3.96. The van der Waals surface area contributed by atoms with Gasteiger partial charge in [-0.1, -0.05) is 67.6 Å². The van der Waals surface area contributed by atoms with Crippen LogP contribution in [0.15, 0.2) is 60.7 Å². The van der Waals surface area contributed by atoms with Gasteiger partial charge in [0.05, 0.1) is 6.10 Å². The quantitative estimate of drug-likeness (QED) is 0.757. The molecule has 0 unspecified atom stereocenters. The first kappa shape index (κ1) is 19.4. The highest BCUT2D eigenvalue weighted by Gasteiger charge is 2.43. The van der Waals surface area contributed by atoms with Gasteiger partial charge in [0.15, 0.2) is 0 Å². The number of aliphatic hydroxyl groups is 2. The molecule has 5 nitrogen and oxygen atoms in total. The van der Waals surface area contributed by atoms with Crippen LogP contribution in [-0.2, 0) is 11.3 Å². The summed E-state index contributed by atoms with van der Waals surface area (Å²) in [6.07, 6.45) is -0.497. The number of benzene rings is 2. The third-order valence-corrected chi connectivity index (χ3v) is 5.61. The summed E-state index contributed by atoms with van der Waals surface area (Å²) >= 11 is 0. The van der Waals surface area contributed by atoms with Gasteiger partial charge in [0.1, 0.15) is 6.61 Å². The second-order valence-corrected chi connectivity index (χ2v) is 7.26. The highest BCUT2D eigenvalue weighted by atomic mass is 16.5. The Balaban J connectivity index is 1.74. The van der Waals surface area contributed by atoms with Crippen LogP contribution in [0.25, 0.3) is 0 Å². The Hall–Kier alpha value is -2.37. The van der Waals surface area contributed by atoms with E-state index in [9.17, 15) is 15.0 Å². The minimum atomic E-state index is -0.522. The van der Waals surface area contributed by atoms with Crippen LogP contribution < -0.4 is 5.32 Å². The molecule has 0 bridgehead atoms. The van der Waals surface area contributed by atoms with E-state index >= 15 is 0 Å². The number of alkyl carbamates (subject to hydrolysis) is 1. The normalized spacial score (nSPS) is 27.7. The van der Waals surface area contributed by atoms with Gasteiger partial charge in [0.25, 0.3) is 0 Å². The molecule has 144 valence electrons. The average Bonchev–Trinajstić information content (AvgIpc) is 2.71. The fourth-order valence-electron chi connectivity index (χ4n) is 3.96. The number of ether oxygens (including phenoxy) is 1. The van der Waals surface area contributed by atoms with Crippen molar-refractivity contribution in [2.24, 2.45) is 11.8 Å². The summed E-state index contributed by atoms with van der Waals surface area (Å²) in [5.74, 6) is -0.448. The third-order valence-electron chi connectivity index (χ3n) is 5.61. The van der Waals surface area contributed by atoms with Crippen LogP contribution in [0.1, 0.15) is 30.4 Å². The van der Waals surface area contributed by atoms with E-state index in [-0.39, 0.29) is 37.0 Å². The molecule has 0 saturated heterocycles. The summed E-state index contributed by atoms with van der Waals surface area (Å²) in [6, 6.07) is 19.0. The molecular formula is C22H27NO4. The highest BCUT2D eigenvalue weighted by Crippen LogP contribution is 2.39. The maximum atomic E-state index is 12.4. The van der Waals surface area contributed by atoms with Crippen LogP contribution in [0.3, 0.4) is 0 Å². The Labute approximate surface area is 160 Å². The topological polar surface area (TPSA) is 78.8 Å². The van der Waals surface area contributed by atoms with Gasteiger partial charge in [0.2, 0.25) is 0 Å². The number of carbonyl (C=O) groups is 1. The van der Waals surface area contributed by atoms with E-state index in [0.29, 0.717) is 6.42 Å². The Morgan fingerprint density at radius 3 is 2.37 bits per heavy atom. The molecule has 3 rings (SSSR count). The van der Waals surface area contributed by atoms with Crippen molar-refractivity contribution in [1.29, 1.82) is 0 Å². The molecule has 1 aliphatic rings. The van der Waals surface area contributed by atoms with Gasteiger partial charge in [-0.05, 0) is 23.5 Å². The molecule has 1 fully saturated rings. The standard InChI is InChI=1S/C22H27NO4/c1-15-19(13-24)21(18(12-20(15)25)17-10-6-3-7-11-17)23-22(26)27-14-16-8-4-2-5-9-16/h2-11,15,18-21,24-25H,12-14H2,1H3,(H,23,26)/t15-,18-,19+,20+,21-/m1/s1. The van der Waals surface area contributed by atoms with Crippen LogP contribution in [0.5, 0.6) is 0 Å². The van der Waals surface area contributed by atoms with Crippen molar-refractivity contribution >= 4 is 6.09 Å². The Kier molecular flexibility index (Phi) is 6.48. The van der Waals surface area contributed by atoms with Gasteiger partial charge < -0.3 is 20.3 Å². The zero-order chi connectivity index (χ0) is 19.2. The fraction of sp³-hybridized carbons (Fsp3) is 0.409. The largest absolute Gasteiger partial charge is 0.445 e. The van der Waals surface area contributed by atoms with Gasteiger partial charge in [-0.25, -0.2) is 4.79 Å². The molecule has 27 heavy (non-hydrogen) atoms. The molecule has 5 atom stereocenters. The van der Waals surface area contributed by atoms with E-state index in [2.05, 4.69) is 5.32 Å². The number of carbonyl (C=O) groups excluding carboxylic acids is 1. The molecule has 1 amide bonds. The lowest BCUT2D eigenvalue weighted by Gasteiger charge is -2.44. The smallest absolute Gasteiger partial charge is 0.407 e. The molecule has 3 N–H and O–H groups in total. The number of hydrogen-bond donors (Lipinski definition) is 3. The lowest BCUT2D eigenvalue weighted by Crippen LogP contribution is -2.54. The van der Waals surface area contributed by atoms with E-state index in [4.69, 9.17) is 4.74 Å². The van der Waals surface area contributed by atoms with Crippen molar-refractivity contribution < 1.29 is 19.7 Å². The van der Waals surface area contributed by atoms with E-state index < -0.39 is 12.2 Å². The summed E-state index contributed by atoms with van der Waals surface area (Å²) < 4.78 is 5.38. The van der Waals surface area contributed by atoms with E-state index in [0.717, 1.165) is 11.1 Å². The summed E-state index contributed by atoms with van der Waals surface area (Å²) in [7, 11) is 0. The average molecular weight is 369 g/mol. The molecular weight excluding hydrogens is 342 g/mol. The van der Waals surface area contributed by atoms with E-state index in [1.54, 1.807) is 0 Å². The highest BCUT2D eigenvalue weighted by molar-refractivity contribution is 5.68. The van der Waals surface area contributed by atoms with Crippen LogP contribution in [-0.4, -0.2) is 35.1 Å². The SMILES string of the molecule is C[C@@H]1[C@H](CO)[C@H](NC(=O)OCc2ccccc2)[C@@H](c2ccccc2)C[C@@H]1O. The van der Waals surface area contributed by atoms with Crippen LogP contribution in [0.2, 0.25) is 0 Å². The summed E-state index contributed by atoms with van der Waals surface area (Å²) in [6.45, 7) is 2.00. The molecule has 0 heterocycles. The van der Waals surface area contributed by atoms with E-state index in [1.165, 1.54) is 0 Å². The summed E-state index contributed by atoms with van der Waals surface area (Å²) in [4.78, 5) is 12.4. The monoisotopic (exact) mass is 369 g/mol. The van der Waals surface area contributed by atoms with E-state index in [1.807, 2.05) is 67.6 Å². The molecule has 1 saturated carbocycles. The molecule has 0 radical (unpaired) electrons. The van der Waals surface area contributed by atoms with Gasteiger partial charge in [-0.3, -0.25) is 0 Å². The second kappa shape index (κ2) is 9.02. The van der Waals surface area contributed by atoms with Gasteiger partial charge in [-0.2, -0.15) is 0 Å². The molecule has 2 aromatic carbocycles. The van der Waals surface area contributed by atoms with Crippen LogP contribution in [0, 0.1) is 11.8 Å². The summed E-state index contributed by atoms with van der Waals surface area (Å²) in [5, 5.41) is 23.3. The van der Waals surface area contributed by atoms with Crippen molar-refractivity contribution in [2.75, 3.05) is 6.61 Å². The number of nitrogens with one attached hydrogen (secondary N) is 1. The Morgan fingerprint density at radius 2 is 1.74 bits per heavy atom. The molecule has 1 aliphatic carbocycles. The minimum Gasteiger partial charge on any atom is -0.445 e. The van der Waals surface area contributed by atoms with Crippen LogP contribution in [0.4, 0.5) is 4.79 Å². The molecule has 0 aliphatic heterocycles. The number of aliphatic hydroxyl groups excluding tert-OH is 2. The van der Waals surface area contributed by atoms with Crippen molar-refractivity contribution in [3.8, 4) is 0 Å². The van der Waals surface area contributed by atoms with Gasteiger partial charge in [0, 0.05) is 24.5 Å². The second-order valence-electron chi connectivity index (χ2n) is 7.26. The predicted molar refractivity (Wildman–Crippen MR) is 103 cm³/mol. The Morgan fingerprint density at radius 1 is 1.11 bits per heavy atom. The van der Waals surface area contributed by atoms with Crippen molar-refractivity contribution in [1.82, 2.24) is 5.32 Å².